The number of hydrogen-bond acceptors (Lipinski definition) is 2. The van der Waals surface area contributed by atoms with Crippen molar-refractivity contribution in [3.8, 4) is 0 Å². The molecular formula is C21H22N4. The Bertz CT molecular complexity index is 960. The van der Waals surface area contributed by atoms with Crippen molar-refractivity contribution in [3.05, 3.63) is 63.3 Å². The molecule has 0 saturated heterocycles. The first-order valence-corrected chi connectivity index (χ1v) is 8.34. The highest BCUT2D eigenvalue weighted by molar-refractivity contribution is 5.99. The molecule has 1 heterocycles. The minimum atomic E-state index is 0.0803. The van der Waals surface area contributed by atoms with E-state index >= 15 is 0 Å². The van der Waals surface area contributed by atoms with Crippen molar-refractivity contribution in [1.29, 1.82) is 0 Å². The number of hydrogen-bond donors (Lipinski definition) is 0. The lowest BCUT2D eigenvalue weighted by Crippen LogP contribution is -2.36. The summed E-state index contributed by atoms with van der Waals surface area (Å²) in [5.74, 6) is 0. The van der Waals surface area contributed by atoms with Crippen LogP contribution in [-0.2, 0) is 0 Å². The first kappa shape index (κ1) is 16.9. The van der Waals surface area contributed by atoms with Crippen molar-refractivity contribution >= 4 is 28.4 Å². The van der Waals surface area contributed by atoms with Gasteiger partial charge < -0.3 is 9.80 Å². The average Bonchev–Trinajstić information content (AvgIpc) is 2.86. The van der Waals surface area contributed by atoms with Gasteiger partial charge in [0.05, 0.1) is 18.8 Å². The van der Waals surface area contributed by atoms with Crippen molar-refractivity contribution in [1.82, 2.24) is 0 Å². The van der Waals surface area contributed by atoms with Gasteiger partial charge in [-0.05, 0) is 69.0 Å². The molecule has 0 bridgehead atoms. The maximum absolute atomic E-state index is 7.65. The first-order chi connectivity index (χ1) is 11.8. The van der Waals surface area contributed by atoms with Crippen LogP contribution in [0.5, 0.6) is 0 Å². The summed E-state index contributed by atoms with van der Waals surface area (Å²) in [6, 6.07) is 5.91. The van der Waals surface area contributed by atoms with Crippen LogP contribution in [0.3, 0.4) is 0 Å². The molecule has 0 saturated carbocycles. The molecule has 0 N–H and O–H groups in total. The molecule has 25 heavy (non-hydrogen) atoms. The molecule has 4 nitrogen and oxygen atoms in total. The van der Waals surface area contributed by atoms with Crippen LogP contribution in [0.2, 0.25) is 0 Å². The predicted octanol–water partition coefficient (Wildman–Crippen LogP) is 5.96. The highest BCUT2D eigenvalue weighted by atomic mass is 15.4. The van der Waals surface area contributed by atoms with E-state index in [0.717, 1.165) is 17.1 Å². The van der Waals surface area contributed by atoms with Gasteiger partial charge in [-0.3, -0.25) is 4.85 Å². The minimum absolute atomic E-state index is 0.0803. The van der Waals surface area contributed by atoms with Gasteiger partial charge in [-0.1, -0.05) is 6.07 Å². The maximum atomic E-state index is 7.65. The highest BCUT2D eigenvalue weighted by Crippen LogP contribution is 2.53. The molecule has 0 aromatic heterocycles. The van der Waals surface area contributed by atoms with Gasteiger partial charge in [-0.25, -0.2) is 4.85 Å². The second kappa shape index (κ2) is 5.83. The molecule has 3 rings (SSSR count). The average molecular weight is 330 g/mol. The Balaban J connectivity index is 2.36. The fraction of sp³-hybridized carbons (Fsp3) is 0.333. The van der Waals surface area contributed by atoms with E-state index in [2.05, 4.69) is 60.2 Å². The number of nitrogens with zero attached hydrogens (tertiary/aromatic N) is 4. The summed E-state index contributed by atoms with van der Waals surface area (Å²) in [7, 11) is 2.04. The second-order valence-electron chi connectivity index (χ2n) is 6.73. The van der Waals surface area contributed by atoms with E-state index in [1.54, 1.807) is 6.07 Å². The summed E-state index contributed by atoms with van der Waals surface area (Å²) in [6.45, 7) is 25.8. The van der Waals surface area contributed by atoms with Crippen LogP contribution in [0.15, 0.2) is 18.2 Å². The topological polar surface area (TPSA) is 15.2 Å². The molecule has 0 fully saturated rings. The summed E-state index contributed by atoms with van der Waals surface area (Å²) in [4.78, 5) is 11.7. The van der Waals surface area contributed by atoms with E-state index in [0.29, 0.717) is 11.4 Å². The van der Waals surface area contributed by atoms with Crippen molar-refractivity contribution in [2.24, 2.45) is 0 Å². The van der Waals surface area contributed by atoms with Crippen molar-refractivity contribution in [2.45, 2.75) is 40.8 Å². The first-order valence-electron chi connectivity index (χ1n) is 8.34. The van der Waals surface area contributed by atoms with Gasteiger partial charge in [0.1, 0.15) is 6.17 Å². The van der Waals surface area contributed by atoms with Crippen LogP contribution in [0.25, 0.3) is 9.69 Å². The zero-order valence-electron chi connectivity index (χ0n) is 15.6. The van der Waals surface area contributed by atoms with Crippen molar-refractivity contribution < 1.29 is 0 Å². The Morgan fingerprint density at radius 2 is 1.60 bits per heavy atom. The fourth-order valence-corrected chi connectivity index (χ4v) is 3.60. The van der Waals surface area contributed by atoms with Gasteiger partial charge >= 0.3 is 0 Å². The smallest absolute Gasteiger partial charge is 0.219 e. The monoisotopic (exact) mass is 330 g/mol. The maximum Gasteiger partial charge on any atom is 0.219 e. The number of rotatable bonds is 1. The molecule has 1 aliphatic heterocycles. The van der Waals surface area contributed by atoms with Crippen LogP contribution in [-0.4, -0.2) is 13.2 Å². The molecule has 0 unspecified atom stereocenters. The third-order valence-corrected chi connectivity index (χ3v) is 5.61. The summed E-state index contributed by atoms with van der Waals surface area (Å²) < 4.78 is 0. The summed E-state index contributed by atoms with van der Waals surface area (Å²) in [6.07, 6.45) is 0.0803. The predicted molar refractivity (Wildman–Crippen MR) is 104 cm³/mol. The summed E-state index contributed by atoms with van der Waals surface area (Å²) in [5, 5.41) is 0. The molecular weight excluding hydrogens is 308 g/mol. The Labute approximate surface area is 149 Å². The molecule has 2 aromatic carbocycles. The normalized spacial score (nSPS) is 15.8. The Hall–Kier alpha value is -2.98. The van der Waals surface area contributed by atoms with Crippen LogP contribution in [0, 0.1) is 40.8 Å². The van der Waals surface area contributed by atoms with Crippen LogP contribution >= 0.6 is 0 Å². The third kappa shape index (κ3) is 2.26. The number of benzene rings is 2. The molecule has 2 aromatic rings. The zero-order valence-corrected chi connectivity index (χ0v) is 15.6. The highest BCUT2D eigenvalue weighted by Gasteiger charge is 2.35. The van der Waals surface area contributed by atoms with Crippen LogP contribution < -0.4 is 9.80 Å². The van der Waals surface area contributed by atoms with Gasteiger partial charge in [0.15, 0.2) is 5.69 Å². The van der Waals surface area contributed by atoms with Crippen LogP contribution in [0.1, 0.15) is 29.2 Å². The van der Waals surface area contributed by atoms with E-state index in [4.69, 9.17) is 13.1 Å². The third-order valence-electron chi connectivity index (χ3n) is 5.61. The van der Waals surface area contributed by atoms with E-state index in [1.165, 1.54) is 22.3 Å². The SMILES string of the molecule is [C-]#[N+]c1ccc2c(c1[N+]#[C-])N(c1cc(C)c(C)c(C)c1C)[C@@H](C)N2C. The lowest BCUT2D eigenvalue weighted by molar-refractivity contribution is 0.732. The summed E-state index contributed by atoms with van der Waals surface area (Å²) >= 11 is 0. The lowest BCUT2D eigenvalue weighted by atomic mass is 9.96. The molecule has 4 heteroatoms. The zero-order chi connectivity index (χ0) is 18.5. The molecule has 1 atom stereocenters. The standard InChI is InChI=1S/C21H22N4/c1-12-11-19(15(4)14(3)13(12)2)25-16(5)24(8)18-10-9-17(22-6)20(23-7)21(18)25/h9-11,16H,1-5,8H3/t16-/m0/s1. The number of fused-ring (bicyclic) bond motifs is 1. The molecule has 126 valence electrons. The summed E-state index contributed by atoms with van der Waals surface area (Å²) in [5.41, 5.74) is 8.88. The van der Waals surface area contributed by atoms with Gasteiger partial charge in [-0.15, -0.1) is 0 Å². The molecule has 1 aliphatic rings. The Morgan fingerprint density at radius 3 is 2.20 bits per heavy atom. The number of aryl methyl sites for hydroxylation is 1. The van der Waals surface area contributed by atoms with Crippen molar-refractivity contribution in [2.75, 3.05) is 16.8 Å². The van der Waals surface area contributed by atoms with Gasteiger partial charge in [-0.2, -0.15) is 0 Å². The molecule has 0 radical (unpaired) electrons. The second-order valence-corrected chi connectivity index (χ2v) is 6.73. The fourth-order valence-electron chi connectivity index (χ4n) is 3.60. The Kier molecular flexibility index (Phi) is 3.93. The quantitative estimate of drug-likeness (QED) is 0.600. The van der Waals surface area contributed by atoms with E-state index < -0.39 is 0 Å². The van der Waals surface area contributed by atoms with E-state index in [-0.39, 0.29) is 6.17 Å². The number of anilines is 3. The van der Waals surface area contributed by atoms with E-state index in [1.807, 2.05) is 13.1 Å². The lowest BCUT2D eigenvalue weighted by Gasteiger charge is -2.31. The van der Waals surface area contributed by atoms with Gasteiger partial charge in [0.25, 0.3) is 0 Å². The van der Waals surface area contributed by atoms with Crippen LogP contribution in [0.4, 0.5) is 28.4 Å². The largest absolute Gasteiger partial charge is 0.354 e. The molecule has 0 spiro atoms. The molecule has 0 amide bonds. The van der Waals surface area contributed by atoms with Crippen molar-refractivity contribution in [3.63, 3.8) is 0 Å². The minimum Gasteiger partial charge on any atom is -0.354 e. The van der Waals surface area contributed by atoms with E-state index in [9.17, 15) is 0 Å². The molecule has 0 aliphatic carbocycles. The van der Waals surface area contributed by atoms with Gasteiger partial charge in [0.2, 0.25) is 5.69 Å². The van der Waals surface area contributed by atoms with Gasteiger partial charge in [0, 0.05) is 18.4 Å². The Morgan fingerprint density at radius 1 is 0.920 bits per heavy atom.